The zero-order chi connectivity index (χ0) is 23.2. The van der Waals surface area contributed by atoms with Gasteiger partial charge < -0.3 is 19.7 Å². The molecule has 0 radical (unpaired) electrons. The van der Waals surface area contributed by atoms with E-state index in [1.54, 1.807) is 92.8 Å². The first-order valence-corrected chi connectivity index (χ1v) is 10.7. The lowest BCUT2D eigenvalue weighted by molar-refractivity contribution is -0.165. The van der Waals surface area contributed by atoms with Gasteiger partial charge in [0.15, 0.2) is 0 Å². The van der Waals surface area contributed by atoms with Gasteiger partial charge in [-0.1, -0.05) is 60.7 Å². The van der Waals surface area contributed by atoms with Crippen molar-refractivity contribution in [3.05, 3.63) is 90.0 Å². The van der Waals surface area contributed by atoms with Crippen molar-refractivity contribution in [2.75, 3.05) is 23.9 Å². The molecule has 2 aliphatic heterocycles. The van der Waals surface area contributed by atoms with E-state index in [2.05, 4.69) is 5.32 Å². The number of hydrogen-bond donors (Lipinski definition) is 1. The molecule has 0 bridgehead atoms. The monoisotopic (exact) mass is 442 g/mol. The first-order chi connectivity index (χ1) is 16.0. The van der Waals surface area contributed by atoms with E-state index < -0.39 is 28.8 Å². The van der Waals surface area contributed by atoms with Crippen molar-refractivity contribution in [2.45, 2.75) is 18.1 Å². The molecule has 166 valence electrons. The molecule has 1 spiro atoms. The normalized spacial score (nSPS) is 22.7. The van der Waals surface area contributed by atoms with Crippen LogP contribution >= 0.6 is 0 Å². The molecular weight excluding hydrogens is 420 g/mol. The lowest BCUT2D eigenvalue weighted by atomic mass is 9.69. The molecule has 0 fully saturated rings. The number of ether oxygens (including phenoxy) is 2. The molecule has 0 saturated heterocycles. The van der Waals surface area contributed by atoms with Gasteiger partial charge >= 0.3 is 11.6 Å². The number of likely N-dealkylation sites (N-methyl/N-ethyl adjacent to an activating group) is 1. The van der Waals surface area contributed by atoms with E-state index >= 15 is 0 Å². The molecule has 0 aromatic heterocycles. The Bertz CT molecular complexity index is 1270. The fraction of sp³-hybridized carbons (Fsp3) is 0.192. The fourth-order valence-electron chi connectivity index (χ4n) is 4.74. The van der Waals surface area contributed by atoms with E-state index in [0.717, 1.165) is 0 Å². The van der Waals surface area contributed by atoms with Gasteiger partial charge in [-0.15, -0.1) is 0 Å². The Morgan fingerprint density at radius 2 is 1.64 bits per heavy atom. The predicted octanol–water partition coefficient (Wildman–Crippen LogP) is 3.55. The van der Waals surface area contributed by atoms with Crippen LogP contribution in [0.3, 0.4) is 0 Å². The van der Waals surface area contributed by atoms with Gasteiger partial charge in [0.05, 0.1) is 12.3 Å². The molecule has 1 N–H and O–H groups in total. The maximum absolute atomic E-state index is 14.2. The van der Waals surface area contributed by atoms with Crippen molar-refractivity contribution in [3.8, 4) is 5.75 Å². The zero-order valence-corrected chi connectivity index (χ0v) is 18.2. The Morgan fingerprint density at radius 3 is 2.39 bits per heavy atom. The molecule has 33 heavy (non-hydrogen) atoms. The first kappa shape index (κ1) is 20.8. The summed E-state index contributed by atoms with van der Waals surface area (Å²) in [7, 11) is 1.61. The molecular formula is C26H22N2O5. The van der Waals surface area contributed by atoms with Crippen molar-refractivity contribution in [2.24, 2.45) is 0 Å². The van der Waals surface area contributed by atoms with Gasteiger partial charge in [0.2, 0.25) is 11.3 Å². The third-order valence-electron chi connectivity index (χ3n) is 6.21. The summed E-state index contributed by atoms with van der Waals surface area (Å²) >= 11 is 0. The maximum atomic E-state index is 14.2. The number of ketones is 1. The molecule has 0 saturated carbocycles. The number of amides is 1. The van der Waals surface area contributed by atoms with E-state index in [1.165, 1.54) is 4.90 Å². The summed E-state index contributed by atoms with van der Waals surface area (Å²) < 4.78 is 11.8. The van der Waals surface area contributed by atoms with Gasteiger partial charge in [0.25, 0.3) is 5.91 Å². The molecule has 3 aromatic rings. The third-order valence-corrected chi connectivity index (χ3v) is 6.21. The number of Topliss-reactive ketones (excluding diaryl/α,β-unsaturated/α-hetero) is 1. The van der Waals surface area contributed by atoms with Crippen molar-refractivity contribution >= 4 is 29.0 Å². The number of rotatable bonds is 4. The predicted molar refractivity (Wildman–Crippen MR) is 122 cm³/mol. The van der Waals surface area contributed by atoms with Crippen molar-refractivity contribution in [3.63, 3.8) is 0 Å². The second-order valence-corrected chi connectivity index (χ2v) is 7.95. The molecule has 0 unspecified atom stereocenters. The van der Waals surface area contributed by atoms with Crippen molar-refractivity contribution < 1.29 is 23.9 Å². The number of para-hydroxylation sites is 3. The van der Waals surface area contributed by atoms with Crippen LogP contribution in [0.1, 0.15) is 22.8 Å². The molecule has 5 rings (SSSR count). The van der Waals surface area contributed by atoms with Crippen LogP contribution in [0.15, 0.2) is 78.9 Å². The van der Waals surface area contributed by atoms with Crippen LogP contribution in [0.5, 0.6) is 5.75 Å². The molecule has 0 aliphatic carbocycles. The summed E-state index contributed by atoms with van der Waals surface area (Å²) in [5, 5.41) is 3.25. The summed E-state index contributed by atoms with van der Waals surface area (Å²) in [6.07, 6.45) is 0. The van der Waals surface area contributed by atoms with Gasteiger partial charge in [-0.3, -0.25) is 9.59 Å². The molecule has 2 atom stereocenters. The molecule has 2 heterocycles. The summed E-state index contributed by atoms with van der Waals surface area (Å²) in [6, 6.07) is 22.3. The van der Waals surface area contributed by atoms with Crippen LogP contribution < -0.4 is 15.0 Å². The smallest absolute Gasteiger partial charge is 0.362 e. The van der Waals surface area contributed by atoms with Crippen LogP contribution in [0, 0.1) is 0 Å². The minimum absolute atomic E-state index is 0.00934. The largest absolute Gasteiger partial charge is 0.463 e. The van der Waals surface area contributed by atoms with Gasteiger partial charge in [-0.2, -0.15) is 0 Å². The van der Waals surface area contributed by atoms with Crippen molar-refractivity contribution in [1.29, 1.82) is 0 Å². The zero-order valence-electron chi connectivity index (χ0n) is 18.2. The highest BCUT2D eigenvalue weighted by Crippen LogP contribution is 2.54. The molecule has 1 amide bonds. The summed E-state index contributed by atoms with van der Waals surface area (Å²) in [5.74, 6) is -1.81. The van der Waals surface area contributed by atoms with Crippen molar-refractivity contribution in [1.82, 2.24) is 0 Å². The SMILES string of the molecule is CCOC(=O)[C@]1(C(=O)c2ccccc2)Oc2ccccc2N[C@]12C(=O)N(C)c1ccccc12. The lowest BCUT2D eigenvalue weighted by Crippen LogP contribution is -2.73. The molecule has 7 nitrogen and oxygen atoms in total. The number of fused-ring (bicyclic) bond motifs is 3. The second kappa shape index (κ2) is 7.48. The second-order valence-electron chi connectivity index (χ2n) is 7.95. The van der Waals surface area contributed by atoms with E-state index in [-0.39, 0.29) is 17.9 Å². The number of carbonyl (C=O) groups is 3. The topological polar surface area (TPSA) is 84.9 Å². The third kappa shape index (κ3) is 2.65. The fourth-order valence-corrected chi connectivity index (χ4v) is 4.74. The molecule has 3 aromatic carbocycles. The average Bonchev–Trinajstić information content (AvgIpc) is 3.06. The number of benzene rings is 3. The Balaban J connectivity index is 1.88. The summed E-state index contributed by atoms with van der Waals surface area (Å²) in [4.78, 5) is 43.5. The summed E-state index contributed by atoms with van der Waals surface area (Å²) in [5.41, 5.74) is -2.44. The minimum Gasteiger partial charge on any atom is -0.463 e. The average molecular weight is 442 g/mol. The molecule has 7 heteroatoms. The lowest BCUT2D eigenvalue weighted by Gasteiger charge is -2.48. The number of anilines is 2. The van der Waals surface area contributed by atoms with E-state index in [0.29, 0.717) is 16.9 Å². The van der Waals surface area contributed by atoms with Gasteiger partial charge in [0.1, 0.15) is 5.75 Å². The number of nitrogens with one attached hydrogen (secondary N) is 1. The summed E-state index contributed by atoms with van der Waals surface area (Å²) in [6.45, 7) is 1.65. The van der Waals surface area contributed by atoms with Gasteiger partial charge in [-0.25, -0.2) is 4.79 Å². The minimum atomic E-state index is -2.34. The molecule has 2 aliphatic rings. The number of hydrogen-bond acceptors (Lipinski definition) is 6. The van der Waals surface area contributed by atoms with E-state index in [1.807, 2.05) is 0 Å². The Kier molecular flexibility index (Phi) is 4.70. The van der Waals surface area contributed by atoms with Crippen LogP contribution in [0.25, 0.3) is 0 Å². The Labute approximate surface area is 190 Å². The van der Waals surface area contributed by atoms with E-state index in [9.17, 15) is 14.4 Å². The Morgan fingerprint density at radius 1 is 0.970 bits per heavy atom. The quantitative estimate of drug-likeness (QED) is 0.378. The standard InChI is InChI=1S/C26H22N2O5/c1-3-32-24(31)26(22(29)17-11-5-4-6-12-17)25(27-19-14-8-10-16-21(19)33-26)18-13-7-9-15-20(18)28(2)23(25)30/h4-16,27H,3H2,1-2H3/t25-,26+/m1/s1. The van der Waals surface area contributed by atoms with Crippen LogP contribution in [-0.2, 0) is 19.9 Å². The Hall–Kier alpha value is -4.13. The highest BCUT2D eigenvalue weighted by Gasteiger charge is 2.75. The highest BCUT2D eigenvalue weighted by atomic mass is 16.6. The maximum Gasteiger partial charge on any atom is 0.362 e. The van der Waals surface area contributed by atoms with Crippen LogP contribution in [-0.4, -0.2) is 36.9 Å². The number of nitrogens with zero attached hydrogens (tertiary/aromatic N) is 1. The van der Waals surface area contributed by atoms with Crippen LogP contribution in [0.4, 0.5) is 11.4 Å². The number of esters is 1. The van der Waals surface area contributed by atoms with Gasteiger partial charge in [-0.05, 0) is 25.1 Å². The first-order valence-electron chi connectivity index (χ1n) is 10.7. The highest BCUT2D eigenvalue weighted by molar-refractivity contribution is 6.26. The van der Waals surface area contributed by atoms with Crippen LogP contribution in [0.2, 0.25) is 0 Å². The number of carbonyl (C=O) groups excluding carboxylic acids is 3. The van der Waals surface area contributed by atoms with Gasteiger partial charge in [0, 0.05) is 23.9 Å². The van der Waals surface area contributed by atoms with E-state index in [4.69, 9.17) is 9.47 Å².